The lowest BCUT2D eigenvalue weighted by Gasteiger charge is -2.28. The van der Waals surface area contributed by atoms with Gasteiger partial charge in [-0.1, -0.05) is 17.9 Å². The van der Waals surface area contributed by atoms with Crippen LogP contribution < -0.4 is 10.5 Å². The van der Waals surface area contributed by atoms with Gasteiger partial charge in [-0.25, -0.2) is 4.98 Å². The number of aromatic nitrogens is 3. The highest BCUT2D eigenvalue weighted by Crippen LogP contribution is 2.30. The summed E-state index contributed by atoms with van der Waals surface area (Å²) in [5.74, 6) is 5.95. The number of likely N-dealkylation sites (tertiary alicyclic amines) is 1. The van der Waals surface area contributed by atoms with Crippen molar-refractivity contribution in [2.45, 2.75) is 51.4 Å². The van der Waals surface area contributed by atoms with Crippen molar-refractivity contribution in [3.8, 4) is 28.7 Å². The number of nitrogens with two attached hydrogens (primary N) is 1. The molecule has 37 heavy (non-hydrogen) atoms. The fourth-order valence-electron chi connectivity index (χ4n) is 4.20. The van der Waals surface area contributed by atoms with Gasteiger partial charge in [-0.2, -0.15) is 5.10 Å². The average Bonchev–Trinajstić information content (AvgIpc) is 3.34. The summed E-state index contributed by atoms with van der Waals surface area (Å²) in [6, 6.07) is 7.37. The van der Waals surface area contributed by atoms with Gasteiger partial charge in [0.05, 0.1) is 15.0 Å². The summed E-state index contributed by atoms with van der Waals surface area (Å²) in [6.45, 7) is 3.55. The molecule has 1 aliphatic heterocycles. The van der Waals surface area contributed by atoms with E-state index >= 15 is 0 Å². The van der Waals surface area contributed by atoms with Crippen molar-refractivity contribution >= 4 is 5.82 Å². The predicted octanol–water partition coefficient (Wildman–Crippen LogP) is 3.56. The van der Waals surface area contributed by atoms with Crippen molar-refractivity contribution in [1.29, 1.82) is 0 Å². The van der Waals surface area contributed by atoms with E-state index < -0.39 is 12.2 Å². The standard InChI is InChI=1S/C29H38N6O2/c1-29(2,36)11-8-21-6-7-22(18-33(3)4)24(14-21)20-37-27-15-23(16-31-28(27)30)25-17-32-35(19-25)26-9-12-34(5)13-10-26/h6-7,14-17,19,26,36H,9-10,12-13,18,20H2,1-5H3,(H2,30,31)/i20D2. The van der Waals surface area contributed by atoms with Crippen molar-refractivity contribution in [3.05, 3.63) is 59.5 Å². The number of aliphatic hydroxyl groups is 1. The van der Waals surface area contributed by atoms with Crippen molar-refractivity contribution in [3.63, 3.8) is 0 Å². The molecule has 196 valence electrons. The topological polar surface area (TPSA) is 92.7 Å². The van der Waals surface area contributed by atoms with Gasteiger partial charge in [0, 0.05) is 35.6 Å². The number of rotatable bonds is 7. The normalized spacial score (nSPS) is 16.2. The van der Waals surface area contributed by atoms with Gasteiger partial charge in [0.1, 0.15) is 12.2 Å². The smallest absolute Gasteiger partial charge is 0.166 e. The number of hydrogen-bond donors (Lipinski definition) is 2. The van der Waals surface area contributed by atoms with Gasteiger partial charge in [0.2, 0.25) is 0 Å². The minimum atomic E-state index is -2.23. The van der Waals surface area contributed by atoms with Crippen LogP contribution in [0.3, 0.4) is 0 Å². The second-order valence-electron chi connectivity index (χ2n) is 10.5. The molecule has 0 spiro atoms. The highest BCUT2D eigenvalue weighted by Gasteiger charge is 2.19. The third-order valence-electron chi connectivity index (χ3n) is 6.26. The predicted molar refractivity (Wildman–Crippen MR) is 147 cm³/mol. The Kier molecular flexibility index (Phi) is 7.35. The number of nitrogens with zero attached hydrogens (tertiary/aromatic N) is 5. The lowest BCUT2D eigenvalue weighted by Crippen LogP contribution is -2.31. The van der Waals surface area contributed by atoms with E-state index in [2.05, 4.69) is 33.9 Å². The van der Waals surface area contributed by atoms with Gasteiger partial charge >= 0.3 is 0 Å². The molecule has 0 bridgehead atoms. The maximum Gasteiger partial charge on any atom is 0.166 e. The Balaban J connectivity index is 1.63. The Labute approximate surface area is 222 Å². The van der Waals surface area contributed by atoms with Gasteiger partial charge in [-0.3, -0.25) is 4.68 Å². The Morgan fingerprint density at radius 2 is 1.95 bits per heavy atom. The first-order chi connectivity index (χ1) is 18.3. The van der Waals surface area contributed by atoms with Crippen molar-refractivity contribution in [2.75, 3.05) is 40.0 Å². The van der Waals surface area contributed by atoms with E-state index in [1.165, 1.54) is 0 Å². The summed E-state index contributed by atoms with van der Waals surface area (Å²) in [5.41, 5.74) is 8.24. The fourth-order valence-corrected chi connectivity index (χ4v) is 4.20. The summed E-state index contributed by atoms with van der Waals surface area (Å²) >= 11 is 0. The average molecular weight is 505 g/mol. The van der Waals surface area contributed by atoms with Gasteiger partial charge < -0.3 is 25.4 Å². The summed E-state index contributed by atoms with van der Waals surface area (Å²) < 4.78 is 25.7. The maximum absolute atomic E-state index is 10.0. The van der Waals surface area contributed by atoms with Crippen LogP contribution in [0.4, 0.5) is 5.82 Å². The van der Waals surface area contributed by atoms with E-state index in [-0.39, 0.29) is 11.6 Å². The zero-order valence-corrected chi connectivity index (χ0v) is 22.3. The molecular formula is C29H38N6O2. The zero-order valence-electron chi connectivity index (χ0n) is 24.3. The number of nitrogen functional groups attached to an aromatic ring is 1. The van der Waals surface area contributed by atoms with E-state index in [0.717, 1.165) is 42.6 Å². The minimum Gasteiger partial charge on any atom is -0.485 e. The first-order valence-corrected chi connectivity index (χ1v) is 12.5. The summed E-state index contributed by atoms with van der Waals surface area (Å²) in [6.07, 6.45) is 7.53. The maximum atomic E-state index is 10.0. The molecule has 3 heterocycles. The number of hydrogen-bond acceptors (Lipinski definition) is 7. The first-order valence-electron chi connectivity index (χ1n) is 13.5. The van der Waals surface area contributed by atoms with Crippen LogP contribution in [0.5, 0.6) is 5.75 Å². The van der Waals surface area contributed by atoms with Gasteiger partial charge in [-0.05, 0) is 90.2 Å². The molecular weight excluding hydrogens is 464 g/mol. The second-order valence-corrected chi connectivity index (χ2v) is 10.5. The molecule has 1 saturated heterocycles. The molecule has 0 saturated carbocycles. The summed E-state index contributed by atoms with van der Waals surface area (Å²) in [4.78, 5) is 8.57. The van der Waals surface area contributed by atoms with Crippen LogP contribution in [0.1, 0.15) is 52.2 Å². The highest BCUT2D eigenvalue weighted by atomic mass is 16.5. The van der Waals surface area contributed by atoms with Crippen LogP contribution in [0, 0.1) is 11.8 Å². The molecule has 0 unspecified atom stereocenters. The van der Waals surface area contributed by atoms with Crippen LogP contribution in [0.15, 0.2) is 42.9 Å². The Bertz CT molecular complexity index is 1360. The van der Waals surface area contributed by atoms with Crippen LogP contribution in [0.2, 0.25) is 0 Å². The molecule has 0 radical (unpaired) electrons. The van der Waals surface area contributed by atoms with E-state index in [0.29, 0.717) is 23.7 Å². The van der Waals surface area contributed by atoms with Crippen molar-refractivity contribution < 1.29 is 12.6 Å². The molecule has 0 amide bonds. The number of piperidine rings is 1. The van der Waals surface area contributed by atoms with E-state index in [1.54, 1.807) is 38.4 Å². The van der Waals surface area contributed by atoms with Crippen LogP contribution in [0.25, 0.3) is 11.1 Å². The molecule has 3 aromatic rings. The lowest BCUT2D eigenvalue weighted by atomic mass is 10.0. The van der Waals surface area contributed by atoms with Crippen molar-refractivity contribution in [1.82, 2.24) is 24.6 Å². The van der Waals surface area contributed by atoms with Crippen LogP contribution in [-0.4, -0.2) is 69.5 Å². The van der Waals surface area contributed by atoms with E-state index in [9.17, 15) is 5.11 Å². The van der Waals surface area contributed by atoms with Crippen LogP contribution in [-0.2, 0) is 13.1 Å². The van der Waals surface area contributed by atoms with Crippen molar-refractivity contribution in [2.24, 2.45) is 0 Å². The lowest BCUT2D eigenvalue weighted by molar-refractivity contribution is 0.143. The third kappa shape index (κ3) is 7.32. The SMILES string of the molecule is [2H]C([2H])(Oc1cc(-c2cnn(C3CCN(C)CC3)c2)cnc1N)c1cc(C#CC(C)(C)O)ccc1CN(C)C. The van der Waals surface area contributed by atoms with Gasteiger partial charge in [0.15, 0.2) is 11.6 Å². The number of ether oxygens (including phenoxy) is 1. The molecule has 8 heteroatoms. The molecule has 1 fully saturated rings. The molecule has 0 atom stereocenters. The highest BCUT2D eigenvalue weighted by molar-refractivity contribution is 5.65. The monoisotopic (exact) mass is 504 g/mol. The van der Waals surface area contributed by atoms with E-state index in [1.807, 2.05) is 42.0 Å². The summed E-state index contributed by atoms with van der Waals surface area (Å²) in [7, 11) is 5.96. The minimum absolute atomic E-state index is 0.0949. The summed E-state index contributed by atoms with van der Waals surface area (Å²) in [5, 5.41) is 14.6. The zero-order chi connectivity index (χ0) is 28.4. The first kappa shape index (κ1) is 24.0. The number of pyridine rings is 1. The Morgan fingerprint density at radius 3 is 2.65 bits per heavy atom. The molecule has 1 aromatic carbocycles. The van der Waals surface area contributed by atoms with E-state index in [4.69, 9.17) is 13.2 Å². The third-order valence-corrected chi connectivity index (χ3v) is 6.26. The fraction of sp³-hybridized carbons (Fsp3) is 0.448. The second kappa shape index (κ2) is 11.3. The molecule has 3 N–H and O–H groups in total. The van der Waals surface area contributed by atoms with Gasteiger partial charge in [0.25, 0.3) is 0 Å². The molecule has 4 rings (SSSR count). The number of anilines is 1. The molecule has 1 aliphatic rings. The van der Waals surface area contributed by atoms with Gasteiger partial charge in [-0.15, -0.1) is 0 Å². The molecule has 8 nitrogen and oxygen atoms in total. The quantitative estimate of drug-likeness (QED) is 0.475. The molecule has 2 aromatic heterocycles. The Morgan fingerprint density at radius 1 is 1.19 bits per heavy atom. The largest absolute Gasteiger partial charge is 0.485 e. The molecule has 0 aliphatic carbocycles. The van der Waals surface area contributed by atoms with Crippen LogP contribution >= 0.6 is 0 Å². The Hall–Kier alpha value is -3.38. The number of benzene rings is 1.